The quantitative estimate of drug-likeness (QED) is 0.837. The fraction of sp³-hybridized carbons (Fsp3) is 0.308. The summed E-state index contributed by atoms with van der Waals surface area (Å²) in [4.78, 5) is 4.24. The molecule has 2 aromatic rings. The van der Waals surface area contributed by atoms with Crippen LogP contribution in [0.15, 0.2) is 44.4 Å². The summed E-state index contributed by atoms with van der Waals surface area (Å²) < 4.78 is 32.1. The van der Waals surface area contributed by atoms with Gasteiger partial charge in [0.05, 0.1) is 18.8 Å². The van der Waals surface area contributed by atoms with E-state index in [1.54, 1.807) is 25.3 Å². The van der Waals surface area contributed by atoms with E-state index in [1.807, 2.05) is 6.07 Å². The Balaban J connectivity index is 2.33. The zero-order chi connectivity index (χ0) is 15.5. The lowest BCUT2D eigenvalue weighted by atomic mass is 10.3. The summed E-state index contributed by atoms with van der Waals surface area (Å²) in [5.74, 6) is 0.411. The molecule has 0 atom stereocenters. The normalized spacial score (nSPS) is 12.0. The van der Waals surface area contributed by atoms with E-state index in [-0.39, 0.29) is 22.7 Å². The topological polar surface area (TPSA) is 89.4 Å². The summed E-state index contributed by atoms with van der Waals surface area (Å²) in [5.41, 5.74) is 6.16. The summed E-state index contributed by atoms with van der Waals surface area (Å²) in [5, 5.41) is 0. The lowest BCUT2D eigenvalue weighted by Gasteiger charge is -2.19. The minimum atomic E-state index is -3.67. The number of furan rings is 1. The van der Waals surface area contributed by atoms with Crippen LogP contribution in [-0.4, -0.2) is 24.3 Å². The van der Waals surface area contributed by atoms with E-state index in [0.717, 1.165) is 0 Å². The lowest BCUT2D eigenvalue weighted by molar-refractivity contribution is 0.416. The number of hydrogen-bond acceptors (Lipinski definition) is 5. The molecule has 21 heavy (non-hydrogen) atoms. The lowest BCUT2D eigenvalue weighted by Crippen LogP contribution is -2.30. The van der Waals surface area contributed by atoms with Crippen LogP contribution in [0.3, 0.4) is 0 Å². The highest BCUT2D eigenvalue weighted by Crippen LogP contribution is 2.29. The molecule has 0 saturated carbocycles. The van der Waals surface area contributed by atoms with Crippen LogP contribution in [-0.2, 0) is 23.1 Å². The van der Waals surface area contributed by atoms with Crippen LogP contribution in [0.25, 0.3) is 0 Å². The zero-order valence-corrected chi connectivity index (χ0v) is 13.9. The Morgan fingerprint density at radius 2 is 2.19 bits per heavy atom. The molecule has 0 unspecified atom stereocenters. The molecule has 6 nitrogen and oxygen atoms in total. The van der Waals surface area contributed by atoms with Gasteiger partial charge in [-0.1, -0.05) is 13.0 Å². The Morgan fingerprint density at radius 3 is 2.71 bits per heavy atom. The van der Waals surface area contributed by atoms with Crippen molar-refractivity contribution in [2.75, 3.05) is 6.54 Å². The van der Waals surface area contributed by atoms with Crippen molar-refractivity contribution in [2.45, 2.75) is 24.9 Å². The van der Waals surface area contributed by atoms with Crippen molar-refractivity contribution in [3.63, 3.8) is 0 Å². The fourth-order valence-electron chi connectivity index (χ4n) is 1.85. The van der Waals surface area contributed by atoms with E-state index in [0.29, 0.717) is 18.0 Å². The number of nitrogens with two attached hydrogens (primary N) is 1. The molecule has 0 aliphatic heterocycles. The first-order valence-electron chi connectivity index (χ1n) is 6.37. The van der Waals surface area contributed by atoms with Crippen molar-refractivity contribution in [1.82, 2.24) is 9.29 Å². The summed E-state index contributed by atoms with van der Waals surface area (Å²) in [7, 11) is -3.67. The van der Waals surface area contributed by atoms with Crippen LogP contribution in [0.5, 0.6) is 0 Å². The molecular weight excluding hydrogens is 358 g/mol. The Labute approximate surface area is 132 Å². The third-order valence-corrected chi connectivity index (χ3v) is 5.72. The summed E-state index contributed by atoms with van der Waals surface area (Å²) in [6.07, 6.45) is 1.64. The maximum Gasteiger partial charge on any atom is 0.247 e. The second-order valence-electron chi connectivity index (χ2n) is 4.31. The maximum absolute atomic E-state index is 12.7. The molecule has 0 aromatic carbocycles. The minimum Gasteiger partial charge on any atom is -0.452 e. The molecular formula is C13H16BrN3O3S. The van der Waals surface area contributed by atoms with Gasteiger partial charge in [-0.15, -0.1) is 0 Å². The summed E-state index contributed by atoms with van der Waals surface area (Å²) >= 11 is 3.13. The van der Waals surface area contributed by atoms with Gasteiger partial charge in [0.1, 0.15) is 10.7 Å². The number of rotatable bonds is 6. The average Bonchev–Trinajstić information content (AvgIpc) is 2.87. The van der Waals surface area contributed by atoms with Crippen molar-refractivity contribution in [3.8, 4) is 0 Å². The van der Waals surface area contributed by atoms with Crippen LogP contribution in [0, 0.1) is 0 Å². The smallest absolute Gasteiger partial charge is 0.247 e. The first-order chi connectivity index (χ1) is 9.98. The van der Waals surface area contributed by atoms with Crippen LogP contribution in [0.1, 0.15) is 18.4 Å². The molecule has 0 aliphatic carbocycles. The van der Waals surface area contributed by atoms with Crippen molar-refractivity contribution >= 4 is 26.0 Å². The van der Waals surface area contributed by atoms with E-state index in [4.69, 9.17) is 10.2 Å². The molecule has 2 aromatic heterocycles. The van der Waals surface area contributed by atoms with Gasteiger partial charge >= 0.3 is 0 Å². The monoisotopic (exact) mass is 373 g/mol. The van der Waals surface area contributed by atoms with Crippen LogP contribution < -0.4 is 5.73 Å². The van der Waals surface area contributed by atoms with E-state index in [1.165, 1.54) is 10.4 Å². The maximum atomic E-state index is 12.7. The van der Waals surface area contributed by atoms with E-state index in [9.17, 15) is 8.42 Å². The van der Waals surface area contributed by atoms with Gasteiger partial charge in [-0.25, -0.2) is 8.42 Å². The zero-order valence-electron chi connectivity index (χ0n) is 11.5. The number of hydrogen-bond donors (Lipinski definition) is 1. The molecule has 2 rings (SSSR count). The molecule has 0 aliphatic rings. The first-order valence-corrected chi connectivity index (χ1v) is 8.60. The van der Waals surface area contributed by atoms with Crippen LogP contribution in [0.2, 0.25) is 0 Å². The van der Waals surface area contributed by atoms with E-state index in [2.05, 4.69) is 20.9 Å². The van der Waals surface area contributed by atoms with Gasteiger partial charge in [0.15, 0.2) is 4.67 Å². The van der Waals surface area contributed by atoms with Gasteiger partial charge < -0.3 is 10.2 Å². The van der Waals surface area contributed by atoms with Crippen molar-refractivity contribution in [2.24, 2.45) is 5.73 Å². The number of pyridine rings is 1. The van der Waals surface area contributed by atoms with Gasteiger partial charge in [-0.3, -0.25) is 4.98 Å². The average molecular weight is 374 g/mol. The number of sulfonamides is 1. The number of nitrogens with zero attached hydrogens (tertiary/aromatic N) is 2. The van der Waals surface area contributed by atoms with Gasteiger partial charge in [-0.2, -0.15) is 4.31 Å². The van der Waals surface area contributed by atoms with Gasteiger partial charge in [0.25, 0.3) is 0 Å². The second kappa shape index (κ2) is 6.69. The first kappa shape index (κ1) is 16.2. The van der Waals surface area contributed by atoms with Crippen LogP contribution in [0.4, 0.5) is 0 Å². The van der Waals surface area contributed by atoms with Crippen molar-refractivity contribution < 1.29 is 12.8 Å². The number of halogens is 1. The SMILES string of the molecule is CCN(Cc1ccccn1)S(=O)(=O)c1cc(CN)oc1Br. The van der Waals surface area contributed by atoms with Gasteiger partial charge in [0.2, 0.25) is 10.0 Å². The molecule has 2 N–H and O–H groups in total. The molecule has 0 fully saturated rings. The second-order valence-corrected chi connectivity index (χ2v) is 6.93. The fourth-order valence-corrected chi connectivity index (χ4v) is 4.23. The molecule has 0 amide bonds. The minimum absolute atomic E-state index is 0.0840. The molecule has 2 heterocycles. The standard InChI is InChI=1S/C13H16BrN3O3S/c1-2-17(9-10-5-3-4-6-16-10)21(18,19)12-7-11(8-15)20-13(12)14/h3-7H,2,8-9,15H2,1H3. The highest BCUT2D eigenvalue weighted by molar-refractivity contribution is 9.10. The van der Waals surface area contributed by atoms with E-state index < -0.39 is 10.0 Å². The van der Waals surface area contributed by atoms with Crippen LogP contribution >= 0.6 is 15.9 Å². The van der Waals surface area contributed by atoms with E-state index >= 15 is 0 Å². The van der Waals surface area contributed by atoms with Crippen molar-refractivity contribution in [1.29, 1.82) is 0 Å². The summed E-state index contributed by atoms with van der Waals surface area (Å²) in [6.45, 7) is 2.45. The molecule has 0 bridgehead atoms. The molecule has 8 heteroatoms. The molecule has 0 radical (unpaired) electrons. The Bertz CT molecular complexity index is 701. The Kier molecular flexibility index (Phi) is 5.15. The molecule has 0 saturated heterocycles. The third-order valence-electron chi connectivity index (χ3n) is 2.94. The Hall–Kier alpha value is -1.22. The molecule has 114 valence electrons. The third kappa shape index (κ3) is 3.52. The summed E-state index contributed by atoms with van der Waals surface area (Å²) in [6, 6.07) is 6.84. The highest BCUT2D eigenvalue weighted by atomic mass is 79.9. The predicted octanol–water partition coefficient (Wildman–Crippen LogP) is 2.11. The molecule has 0 spiro atoms. The van der Waals surface area contributed by atoms with Gasteiger partial charge in [0, 0.05) is 18.8 Å². The number of aromatic nitrogens is 1. The predicted molar refractivity (Wildman–Crippen MR) is 81.8 cm³/mol. The Morgan fingerprint density at radius 1 is 1.43 bits per heavy atom. The highest BCUT2D eigenvalue weighted by Gasteiger charge is 2.28. The van der Waals surface area contributed by atoms with Crippen molar-refractivity contribution in [3.05, 3.63) is 46.6 Å². The van der Waals surface area contributed by atoms with Gasteiger partial charge in [-0.05, 0) is 28.1 Å². The largest absolute Gasteiger partial charge is 0.452 e.